The quantitative estimate of drug-likeness (QED) is 0.401. The van der Waals surface area contributed by atoms with Gasteiger partial charge in [0.1, 0.15) is 0 Å². The Balaban J connectivity index is 2.58. The van der Waals surface area contributed by atoms with Crippen molar-refractivity contribution in [1.82, 2.24) is 0 Å². The van der Waals surface area contributed by atoms with Crippen LogP contribution < -0.4 is 10.5 Å². The Morgan fingerprint density at radius 1 is 0.586 bits per heavy atom. The van der Waals surface area contributed by atoms with Crippen LogP contribution in [-0.4, -0.2) is 30.2 Å². The Morgan fingerprint density at radius 3 is 1.10 bits per heavy atom. The summed E-state index contributed by atoms with van der Waals surface area (Å²) in [7, 11) is 0. The van der Waals surface area contributed by atoms with Crippen molar-refractivity contribution in [2.75, 3.05) is 0 Å². The van der Waals surface area contributed by atoms with Gasteiger partial charge in [-0.1, -0.05) is 0 Å². The molecule has 0 aliphatic carbocycles. The van der Waals surface area contributed by atoms with E-state index in [1.54, 1.807) is 72.8 Å². The van der Waals surface area contributed by atoms with Crippen LogP contribution in [0.5, 0.6) is 0 Å². The van der Waals surface area contributed by atoms with E-state index < -0.39 is 30.2 Å². The van der Waals surface area contributed by atoms with E-state index in [0.29, 0.717) is 10.5 Å². The van der Waals surface area contributed by atoms with Crippen molar-refractivity contribution in [2.24, 2.45) is 0 Å². The van der Waals surface area contributed by atoms with Crippen molar-refractivity contribution >= 4 is 40.7 Å². The molecule has 0 aliphatic rings. The van der Waals surface area contributed by atoms with Crippen LogP contribution in [0.4, 0.5) is 0 Å². The molecule has 0 radical (unpaired) electrons. The molecule has 0 N–H and O–H groups in total. The summed E-state index contributed by atoms with van der Waals surface area (Å²) in [4.78, 5) is 25.1. The number of hydrogen-bond acceptors (Lipinski definition) is 4. The van der Waals surface area contributed by atoms with Crippen LogP contribution in [0.3, 0.4) is 0 Å². The Bertz CT molecular complexity index is 979. The standard InChI is InChI=1S/3C6H5.2C3H2O2.Sb/c3*1-2-4-6-5-3-1;2*1-2-3(4)5;/h3*1-5H;2*1H,(H,4,5);/q;;;;;+2/p-2. The minimum atomic E-state index is -5.77. The zero-order valence-corrected chi connectivity index (χ0v) is 17.9. The van der Waals surface area contributed by atoms with E-state index in [9.17, 15) is 9.59 Å². The van der Waals surface area contributed by atoms with Crippen LogP contribution in [0.25, 0.3) is 0 Å². The maximum absolute atomic E-state index is 12.6. The second kappa shape index (κ2) is 8.27. The van der Waals surface area contributed by atoms with E-state index in [2.05, 4.69) is 0 Å². The fourth-order valence-electron chi connectivity index (χ4n) is 3.25. The average Bonchev–Trinajstić information content (AvgIpc) is 2.80. The van der Waals surface area contributed by atoms with Gasteiger partial charge in [-0.25, -0.2) is 0 Å². The third kappa shape index (κ3) is 3.40. The molecule has 0 aliphatic heterocycles. The van der Waals surface area contributed by atoms with Crippen LogP contribution in [0.15, 0.2) is 91.0 Å². The van der Waals surface area contributed by atoms with E-state index in [0.717, 1.165) is 0 Å². The van der Waals surface area contributed by atoms with E-state index in [-0.39, 0.29) is 0 Å². The first kappa shape index (κ1) is 20.3. The number of carbonyl (C=O) groups is 2. The van der Waals surface area contributed by atoms with Crippen molar-refractivity contribution in [2.45, 2.75) is 0 Å². The topological polar surface area (TPSA) is 52.6 Å². The minimum absolute atomic E-state index is 0.546. The summed E-state index contributed by atoms with van der Waals surface area (Å²) in [6.45, 7) is 0. The van der Waals surface area contributed by atoms with E-state index in [1.165, 1.54) is 0 Å². The molecule has 5 heteroatoms. The first-order valence-corrected chi connectivity index (χ1v) is 14.6. The Kier molecular flexibility index (Phi) is 5.78. The fraction of sp³-hybridized carbons (Fsp3) is 0. The van der Waals surface area contributed by atoms with Gasteiger partial charge in [0.15, 0.2) is 0 Å². The fourth-order valence-corrected chi connectivity index (χ4v) is 15.9. The van der Waals surface area contributed by atoms with Crippen LogP contribution in [0, 0.1) is 24.7 Å². The van der Waals surface area contributed by atoms with E-state index in [1.807, 2.05) is 30.0 Å². The molecule has 0 saturated heterocycles. The summed E-state index contributed by atoms with van der Waals surface area (Å²) in [5, 5.41) is 0. The Hall–Kier alpha value is -3.46. The molecule has 0 atom stereocenters. The third-order valence-corrected chi connectivity index (χ3v) is 17.9. The number of rotatable bonds is 5. The Morgan fingerprint density at radius 2 is 0.862 bits per heavy atom. The predicted molar refractivity (Wildman–Crippen MR) is 114 cm³/mol. The van der Waals surface area contributed by atoms with Gasteiger partial charge >= 0.3 is 172 Å². The van der Waals surface area contributed by atoms with Crippen LogP contribution >= 0.6 is 0 Å². The van der Waals surface area contributed by atoms with Crippen LogP contribution in [0.1, 0.15) is 0 Å². The zero-order chi connectivity index (χ0) is 20.8. The Labute approximate surface area is 171 Å². The van der Waals surface area contributed by atoms with Gasteiger partial charge in [0.2, 0.25) is 0 Å². The van der Waals surface area contributed by atoms with Gasteiger partial charge in [-0.15, -0.1) is 0 Å². The van der Waals surface area contributed by atoms with Crippen molar-refractivity contribution in [3.8, 4) is 24.7 Å². The molecule has 3 aromatic rings. The van der Waals surface area contributed by atoms with Crippen molar-refractivity contribution in [3.05, 3.63) is 91.0 Å². The molecule has 0 amide bonds. The molecule has 0 bridgehead atoms. The molecule has 3 aromatic carbocycles. The molecule has 0 saturated carbocycles. The van der Waals surface area contributed by atoms with Gasteiger partial charge in [-0.2, -0.15) is 0 Å². The molecule has 0 unspecified atom stereocenters. The number of carbonyl (C=O) groups excluding carboxylic acids is 2. The van der Waals surface area contributed by atoms with Crippen LogP contribution in [-0.2, 0) is 15.6 Å². The number of benzene rings is 3. The van der Waals surface area contributed by atoms with E-state index in [4.69, 9.17) is 18.9 Å². The summed E-state index contributed by atoms with van der Waals surface area (Å²) < 4.78 is 13.8. The zero-order valence-electron chi connectivity index (χ0n) is 15.4. The van der Waals surface area contributed by atoms with Gasteiger partial charge in [-0.05, 0) is 0 Å². The maximum atomic E-state index is 12.6. The SMILES string of the molecule is C#CC(=O)[O][Sb]([O]C(=O)C#C)([c]1ccccc1)([c]1ccccc1)[c]1ccccc1. The van der Waals surface area contributed by atoms with Gasteiger partial charge in [0.05, 0.1) is 0 Å². The molecular weight excluding hydrogens is 474 g/mol. The average molecular weight is 491 g/mol. The molecule has 3 rings (SSSR count). The molecule has 0 aromatic heterocycles. The summed E-state index contributed by atoms with van der Waals surface area (Å²) >= 11 is -5.77. The predicted octanol–water partition coefficient (Wildman–Crippen LogP) is 1.46. The van der Waals surface area contributed by atoms with Gasteiger partial charge < -0.3 is 0 Å². The summed E-state index contributed by atoms with van der Waals surface area (Å²) in [6, 6.07) is 26.7. The number of hydrogen-bond donors (Lipinski definition) is 0. The second-order valence-electron chi connectivity index (χ2n) is 6.01. The van der Waals surface area contributed by atoms with Gasteiger partial charge in [-0.3, -0.25) is 0 Å². The molecule has 0 spiro atoms. The second-order valence-corrected chi connectivity index (χ2v) is 16.9. The monoisotopic (exact) mass is 490 g/mol. The van der Waals surface area contributed by atoms with E-state index >= 15 is 0 Å². The van der Waals surface area contributed by atoms with Gasteiger partial charge in [0, 0.05) is 0 Å². The molecule has 29 heavy (non-hydrogen) atoms. The van der Waals surface area contributed by atoms with Crippen molar-refractivity contribution < 1.29 is 15.6 Å². The molecule has 0 fully saturated rings. The third-order valence-electron chi connectivity index (χ3n) is 4.43. The summed E-state index contributed by atoms with van der Waals surface area (Å²) in [5.41, 5.74) is 0. The van der Waals surface area contributed by atoms with Crippen molar-refractivity contribution in [3.63, 3.8) is 0 Å². The van der Waals surface area contributed by atoms with Gasteiger partial charge in [0.25, 0.3) is 0 Å². The van der Waals surface area contributed by atoms with Crippen molar-refractivity contribution in [1.29, 1.82) is 0 Å². The van der Waals surface area contributed by atoms with Crippen LogP contribution in [0.2, 0.25) is 0 Å². The first-order valence-electron chi connectivity index (χ1n) is 8.66. The normalized spacial score (nSPS) is 11.7. The molecule has 0 heterocycles. The number of terminal acetylenes is 2. The summed E-state index contributed by atoms with van der Waals surface area (Å²) in [6.07, 6.45) is 10.7. The molecular formula is C24H17O4Sb. The summed E-state index contributed by atoms with van der Waals surface area (Å²) in [5.74, 6) is 2.11. The molecule has 142 valence electrons. The first-order chi connectivity index (χ1) is 14.1. The molecule has 4 nitrogen and oxygen atoms in total.